The standard InChI is InChI=1S/C23H17N3O3/c27-22(13-12-16-7-2-1-3-8-16)25-26-23(28)18-15-20(21-11-6-14-29-21)24-19-10-5-4-9-17(18)19/h1-15H,(H,25,27)(H,26,28)/b13-12+. The Kier molecular flexibility index (Phi) is 5.16. The molecule has 4 aromatic rings. The predicted octanol–water partition coefficient (Wildman–Crippen LogP) is 3.97. The fourth-order valence-electron chi connectivity index (χ4n) is 2.88. The van der Waals surface area contributed by atoms with Gasteiger partial charge in [-0.2, -0.15) is 0 Å². The molecular formula is C23H17N3O3. The van der Waals surface area contributed by atoms with E-state index in [1.54, 1.807) is 36.6 Å². The molecule has 142 valence electrons. The molecule has 2 amide bonds. The van der Waals surface area contributed by atoms with Crippen molar-refractivity contribution < 1.29 is 14.0 Å². The van der Waals surface area contributed by atoms with Crippen molar-refractivity contribution in [1.29, 1.82) is 0 Å². The number of hydrazine groups is 1. The largest absolute Gasteiger partial charge is 0.463 e. The van der Waals surface area contributed by atoms with Crippen molar-refractivity contribution in [3.05, 3.63) is 96.3 Å². The van der Waals surface area contributed by atoms with E-state index in [2.05, 4.69) is 15.8 Å². The number of furan rings is 1. The summed E-state index contributed by atoms with van der Waals surface area (Å²) in [5.74, 6) is -0.329. The number of aromatic nitrogens is 1. The molecule has 0 saturated heterocycles. The Morgan fingerprint density at radius 3 is 2.48 bits per heavy atom. The van der Waals surface area contributed by atoms with E-state index in [4.69, 9.17) is 4.42 Å². The number of nitrogens with one attached hydrogen (secondary N) is 2. The van der Waals surface area contributed by atoms with Gasteiger partial charge < -0.3 is 4.42 Å². The lowest BCUT2D eigenvalue weighted by Crippen LogP contribution is -2.40. The van der Waals surface area contributed by atoms with Crippen LogP contribution in [0.3, 0.4) is 0 Å². The van der Waals surface area contributed by atoms with Crippen LogP contribution in [0.15, 0.2) is 89.6 Å². The van der Waals surface area contributed by atoms with Crippen LogP contribution in [0.1, 0.15) is 15.9 Å². The molecule has 6 nitrogen and oxygen atoms in total. The molecule has 0 fully saturated rings. The molecular weight excluding hydrogens is 366 g/mol. The van der Waals surface area contributed by atoms with Crippen LogP contribution in [0.5, 0.6) is 0 Å². The molecule has 2 aromatic heterocycles. The quantitative estimate of drug-likeness (QED) is 0.413. The number of rotatable bonds is 4. The SMILES string of the molecule is O=C(/C=C/c1ccccc1)NNC(=O)c1cc(-c2ccco2)nc2ccccc12. The van der Waals surface area contributed by atoms with Gasteiger partial charge in [0.2, 0.25) is 0 Å². The molecule has 2 aromatic carbocycles. The zero-order valence-corrected chi connectivity index (χ0v) is 15.3. The summed E-state index contributed by atoms with van der Waals surface area (Å²) in [4.78, 5) is 29.3. The van der Waals surface area contributed by atoms with Crippen molar-refractivity contribution in [1.82, 2.24) is 15.8 Å². The Labute approximate surface area is 166 Å². The molecule has 0 aliphatic heterocycles. The molecule has 2 N–H and O–H groups in total. The zero-order valence-electron chi connectivity index (χ0n) is 15.3. The van der Waals surface area contributed by atoms with Gasteiger partial charge in [0.15, 0.2) is 5.76 Å². The van der Waals surface area contributed by atoms with Crippen molar-refractivity contribution in [2.24, 2.45) is 0 Å². The van der Waals surface area contributed by atoms with E-state index in [0.29, 0.717) is 27.9 Å². The maximum Gasteiger partial charge on any atom is 0.270 e. The summed E-state index contributed by atoms with van der Waals surface area (Å²) in [6.07, 6.45) is 4.57. The van der Waals surface area contributed by atoms with Gasteiger partial charge in [0.05, 0.1) is 17.3 Å². The minimum Gasteiger partial charge on any atom is -0.463 e. The second-order valence-electron chi connectivity index (χ2n) is 6.24. The van der Waals surface area contributed by atoms with Gasteiger partial charge in [-0.15, -0.1) is 0 Å². The van der Waals surface area contributed by atoms with E-state index in [1.165, 1.54) is 6.08 Å². The van der Waals surface area contributed by atoms with E-state index < -0.39 is 11.8 Å². The fraction of sp³-hybridized carbons (Fsp3) is 0. The first-order chi connectivity index (χ1) is 14.2. The molecule has 0 atom stereocenters. The Hall–Kier alpha value is -4.19. The average Bonchev–Trinajstić information content (AvgIpc) is 3.31. The maximum absolute atomic E-state index is 12.8. The molecule has 0 aliphatic rings. The molecule has 29 heavy (non-hydrogen) atoms. The smallest absolute Gasteiger partial charge is 0.270 e. The molecule has 0 spiro atoms. The number of pyridine rings is 1. The highest BCUT2D eigenvalue weighted by atomic mass is 16.3. The Bertz CT molecular complexity index is 1180. The van der Waals surface area contributed by atoms with Crippen LogP contribution >= 0.6 is 0 Å². The predicted molar refractivity (Wildman–Crippen MR) is 111 cm³/mol. The molecule has 6 heteroatoms. The Morgan fingerprint density at radius 1 is 0.897 bits per heavy atom. The number of amides is 2. The molecule has 2 heterocycles. The van der Waals surface area contributed by atoms with Crippen LogP contribution in [-0.2, 0) is 4.79 Å². The van der Waals surface area contributed by atoms with Gasteiger partial charge in [0, 0.05) is 11.5 Å². The van der Waals surface area contributed by atoms with Gasteiger partial charge in [-0.1, -0.05) is 48.5 Å². The lowest BCUT2D eigenvalue weighted by molar-refractivity contribution is -0.117. The average molecular weight is 383 g/mol. The Morgan fingerprint density at radius 2 is 1.69 bits per heavy atom. The zero-order chi connectivity index (χ0) is 20.1. The van der Waals surface area contributed by atoms with E-state index >= 15 is 0 Å². The van der Waals surface area contributed by atoms with Crippen LogP contribution in [0.25, 0.3) is 28.4 Å². The summed E-state index contributed by atoms with van der Waals surface area (Å²) < 4.78 is 5.40. The van der Waals surface area contributed by atoms with E-state index in [-0.39, 0.29) is 0 Å². The van der Waals surface area contributed by atoms with E-state index in [0.717, 1.165) is 5.56 Å². The number of fused-ring (bicyclic) bond motifs is 1. The fourth-order valence-corrected chi connectivity index (χ4v) is 2.88. The van der Waals surface area contributed by atoms with Gasteiger partial charge in [0.25, 0.3) is 11.8 Å². The minimum absolute atomic E-state index is 0.384. The van der Waals surface area contributed by atoms with Crippen molar-refractivity contribution in [3.63, 3.8) is 0 Å². The van der Waals surface area contributed by atoms with Gasteiger partial charge in [-0.3, -0.25) is 20.4 Å². The third-order valence-electron chi connectivity index (χ3n) is 4.26. The summed E-state index contributed by atoms with van der Waals surface area (Å²) in [6.45, 7) is 0. The number of benzene rings is 2. The summed E-state index contributed by atoms with van der Waals surface area (Å²) in [5.41, 5.74) is 7.31. The van der Waals surface area contributed by atoms with E-state index in [1.807, 2.05) is 48.5 Å². The number of carbonyl (C=O) groups is 2. The summed E-state index contributed by atoms with van der Waals surface area (Å²) in [7, 11) is 0. The maximum atomic E-state index is 12.8. The van der Waals surface area contributed by atoms with Gasteiger partial charge in [-0.25, -0.2) is 4.98 Å². The van der Waals surface area contributed by atoms with Gasteiger partial charge in [0.1, 0.15) is 5.69 Å². The van der Waals surface area contributed by atoms with Crippen molar-refractivity contribution >= 4 is 28.8 Å². The summed E-state index contributed by atoms with van der Waals surface area (Å²) >= 11 is 0. The highest BCUT2D eigenvalue weighted by molar-refractivity contribution is 6.07. The van der Waals surface area contributed by atoms with Crippen LogP contribution in [0, 0.1) is 0 Å². The molecule has 0 bridgehead atoms. The van der Waals surface area contributed by atoms with Crippen LogP contribution < -0.4 is 10.9 Å². The number of carbonyl (C=O) groups excluding carboxylic acids is 2. The number of hydrogen-bond donors (Lipinski definition) is 2. The summed E-state index contributed by atoms with van der Waals surface area (Å²) in [6, 6.07) is 21.9. The number of hydrogen-bond acceptors (Lipinski definition) is 4. The second-order valence-corrected chi connectivity index (χ2v) is 6.24. The molecule has 0 unspecified atom stereocenters. The van der Waals surface area contributed by atoms with Crippen LogP contribution in [-0.4, -0.2) is 16.8 Å². The first-order valence-electron chi connectivity index (χ1n) is 8.98. The second kappa shape index (κ2) is 8.22. The molecule has 0 radical (unpaired) electrons. The van der Waals surface area contributed by atoms with Crippen LogP contribution in [0.4, 0.5) is 0 Å². The third-order valence-corrected chi connectivity index (χ3v) is 4.26. The highest BCUT2D eigenvalue weighted by Gasteiger charge is 2.15. The molecule has 0 aliphatic carbocycles. The third kappa shape index (κ3) is 4.22. The topological polar surface area (TPSA) is 84.2 Å². The first-order valence-corrected chi connectivity index (χ1v) is 8.98. The highest BCUT2D eigenvalue weighted by Crippen LogP contribution is 2.25. The van der Waals surface area contributed by atoms with Gasteiger partial charge in [-0.05, 0) is 35.9 Å². The van der Waals surface area contributed by atoms with Crippen molar-refractivity contribution in [2.45, 2.75) is 0 Å². The number of para-hydroxylation sites is 1. The van der Waals surface area contributed by atoms with E-state index in [9.17, 15) is 9.59 Å². The molecule has 4 rings (SSSR count). The lowest BCUT2D eigenvalue weighted by atomic mass is 10.1. The monoisotopic (exact) mass is 383 g/mol. The van der Waals surface area contributed by atoms with Crippen molar-refractivity contribution in [2.75, 3.05) is 0 Å². The minimum atomic E-state index is -0.446. The Balaban J connectivity index is 1.53. The number of nitrogens with zero attached hydrogens (tertiary/aromatic N) is 1. The first kappa shape index (κ1) is 18.2. The van der Waals surface area contributed by atoms with Gasteiger partial charge >= 0.3 is 0 Å². The summed E-state index contributed by atoms with van der Waals surface area (Å²) in [5, 5.41) is 0.675. The van der Waals surface area contributed by atoms with Crippen LogP contribution in [0.2, 0.25) is 0 Å². The molecule has 0 saturated carbocycles. The van der Waals surface area contributed by atoms with Crippen molar-refractivity contribution in [3.8, 4) is 11.5 Å². The normalized spacial score (nSPS) is 10.9. The lowest BCUT2D eigenvalue weighted by Gasteiger charge is -2.10.